The Morgan fingerprint density at radius 1 is 1.05 bits per heavy atom. The lowest BCUT2D eigenvalue weighted by atomic mass is 9.89. The summed E-state index contributed by atoms with van der Waals surface area (Å²) in [5.74, 6) is -0.0761. The van der Waals surface area contributed by atoms with E-state index in [0.29, 0.717) is 23.8 Å². The third-order valence-corrected chi connectivity index (χ3v) is 7.46. The molecule has 2 aliphatic rings. The average molecular weight is 555 g/mol. The van der Waals surface area contributed by atoms with Crippen LogP contribution in [0.25, 0.3) is 10.9 Å². The Bertz CT molecular complexity index is 1250. The van der Waals surface area contributed by atoms with E-state index in [4.69, 9.17) is 10.7 Å². The Kier molecular flexibility index (Phi) is 8.46. The quantitative estimate of drug-likeness (QED) is 0.353. The lowest BCUT2D eigenvalue weighted by Crippen LogP contribution is -2.40. The number of carbonyl (C=O) groups excluding carboxylic acids is 1. The molecule has 2 aliphatic carbocycles. The number of anilines is 1. The van der Waals surface area contributed by atoms with Gasteiger partial charge in [0.05, 0.1) is 17.6 Å². The predicted molar refractivity (Wildman–Crippen MR) is 138 cm³/mol. The number of nitrogens with two attached hydrogens (primary N) is 1. The van der Waals surface area contributed by atoms with Crippen LogP contribution >= 0.6 is 0 Å². The number of pyridine rings is 1. The summed E-state index contributed by atoms with van der Waals surface area (Å²) in [6, 6.07) is 8.36. The van der Waals surface area contributed by atoms with Crippen molar-refractivity contribution in [2.45, 2.75) is 57.9 Å². The molecule has 5 nitrogen and oxygen atoms in total. The summed E-state index contributed by atoms with van der Waals surface area (Å²) in [7, 11) is 0. The number of rotatable bonds is 8. The van der Waals surface area contributed by atoms with Gasteiger partial charge in [-0.3, -0.25) is 0 Å². The van der Waals surface area contributed by atoms with E-state index in [1.807, 2.05) is 37.3 Å². The summed E-state index contributed by atoms with van der Waals surface area (Å²) in [6.07, 6.45) is -5.12. The smallest absolute Gasteiger partial charge is 0.356 e. The van der Waals surface area contributed by atoms with E-state index >= 15 is 0 Å². The zero-order valence-electron chi connectivity index (χ0n) is 21.7. The van der Waals surface area contributed by atoms with E-state index in [0.717, 1.165) is 41.3 Å². The number of alkyl halides is 6. The molecule has 1 saturated carbocycles. The van der Waals surface area contributed by atoms with Crippen molar-refractivity contribution in [1.82, 2.24) is 9.88 Å². The van der Waals surface area contributed by atoms with Crippen LogP contribution < -0.4 is 10.6 Å². The van der Waals surface area contributed by atoms with Crippen LogP contribution in [0.3, 0.4) is 0 Å². The molecule has 0 spiro atoms. The monoisotopic (exact) mass is 554 g/mol. The third kappa shape index (κ3) is 7.05. The molecule has 2 amide bonds. The molecule has 0 bridgehead atoms. The second kappa shape index (κ2) is 11.5. The van der Waals surface area contributed by atoms with Gasteiger partial charge >= 0.3 is 18.4 Å². The first kappa shape index (κ1) is 28.8. The van der Waals surface area contributed by atoms with Crippen LogP contribution in [0, 0.1) is 11.8 Å². The molecule has 39 heavy (non-hydrogen) atoms. The number of benzene rings is 1. The van der Waals surface area contributed by atoms with E-state index in [9.17, 15) is 31.1 Å². The molecule has 1 aromatic heterocycles. The molecule has 2 aromatic rings. The van der Waals surface area contributed by atoms with E-state index in [1.54, 1.807) is 0 Å². The van der Waals surface area contributed by atoms with Gasteiger partial charge in [-0.25, -0.2) is 9.78 Å². The van der Waals surface area contributed by atoms with Crippen molar-refractivity contribution in [2.24, 2.45) is 17.6 Å². The zero-order valence-corrected chi connectivity index (χ0v) is 21.7. The molecule has 2 N–H and O–H groups in total. The first-order valence-corrected chi connectivity index (χ1v) is 13.1. The maximum atomic E-state index is 13.4. The number of para-hydroxylation sites is 1. The molecule has 0 radical (unpaired) electrons. The van der Waals surface area contributed by atoms with Gasteiger partial charge in [-0.15, -0.1) is 0 Å². The van der Waals surface area contributed by atoms with Crippen LogP contribution in [0.1, 0.15) is 44.6 Å². The van der Waals surface area contributed by atoms with Crippen LogP contribution in [0.4, 0.5) is 37.0 Å². The number of aromatic nitrogens is 1. The fourth-order valence-corrected chi connectivity index (χ4v) is 5.51. The minimum absolute atomic E-state index is 0.0968. The summed E-state index contributed by atoms with van der Waals surface area (Å²) >= 11 is 0. The van der Waals surface area contributed by atoms with Gasteiger partial charge < -0.3 is 15.5 Å². The lowest BCUT2D eigenvalue weighted by Gasteiger charge is -2.31. The number of fused-ring (bicyclic) bond motifs is 1. The first-order chi connectivity index (χ1) is 18.3. The van der Waals surface area contributed by atoms with Gasteiger partial charge in [0.25, 0.3) is 0 Å². The zero-order chi connectivity index (χ0) is 28.4. The Morgan fingerprint density at radius 3 is 2.36 bits per heavy atom. The maximum Gasteiger partial charge on any atom is 0.416 e. The fraction of sp³-hybridized carbons (Fsp3) is 0.500. The van der Waals surface area contributed by atoms with Gasteiger partial charge in [-0.2, -0.15) is 26.3 Å². The van der Waals surface area contributed by atoms with E-state index in [-0.39, 0.29) is 12.6 Å². The number of hydrogen-bond acceptors (Lipinski definition) is 3. The van der Waals surface area contributed by atoms with Crippen LogP contribution in [0.5, 0.6) is 0 Å². The van der Waals surface area contributed by atoms with Gasteiger partial charge in [0.15, 0.2) is 0 Å². The van der Waals surface area contributed by atoms with Gasteiger partial charge in [-0.1, -0.05) is 37.1 Å². The highest BCUT2D eigenvalue weighted by Crippen LogP contribution is 2.40. The highest BCUT2D eigenvalue weighted by Gasteiger charge is 2.42. The summed E-state index contributed by atoms with van der Waals surface area (Å²) < 4.78 is 80.5. The Hall–Kier alpha value is -3.24. The minimum atomic E-state index is -4.95. The van der Waals surface area contributed by atoms with Crippen molar-refractivity contribution in [3.05, 3.63) is 59.2 Å². The second-order valence-electron chi connectivity index (χ2n) is 10.3. The topological polar surface area (TPSA) is 62.5 Å². The van der Waals surface area contributed by atoms with E-state index in [2.05, 4.69) is 4.90 Å². The SMILES string of the molecule is CCN(CC1CCCC1)c1nc2ccccc2cc1CN(CC1C=C(C(F)(F)F)C=C(C(F)(F)F)C1)C(N)=O. The Labute approximate surface area is 223 Å². The molecule has 212 valence electrons. The fourth-order valence-electron chi connectivity index (χ4n) is 5.51. The number of halogens is 6. The molecule has 1 heterocycles. The molecule has 0 saturated heterocycles. The standard InChI is InChI=1S/C28H32F6N4O/c1-2-37(15-18-7-3-4-8-18)25-21(13-20-9-5-6-10-24(20)36-25)17-38(26(35)39)16-19-11-22(27(29,30)31)14-23(12-19)28(32,33)34/h5-6,9-11,13-14,18-19H,2-4,7-8,12,15-17H2,1H3,(H2,35,39). The van der Waals surface area contributed by atoms with Crippen molar-refractivity contribution in [2.75, 3.05) is 24.5 Å². The Balaban J connectivity index is 1.66. The summed E-state index contributed by atoms with van der Waals surface area (Å²) in [6.45, 7) is 2.92. The Morgan fingerprint density at radius 2 is 1.74 bits per heavy atom. The van der Waals surface area contributed by atoms with Crippen molar-refractivity contribution in [1.29, 1.82) is 0 Å². The number of primary amides is 1. The third-order valence-electron chi connectivity index (χ3n) is 7.46. The van der Waals surface area contributed by atoms with Crippen LogP contribution in [-0.2, 0) is 6.54 Å². The highest BCUT2D eigenvalue weighted by molar-refractivity contribution is 5.82. The number of allylic oxidation sites excluding steroid dienone is 3. The first-order valence-electron chi connectivity index (χ1n) is 13.1. The van der Waals surface area contributed by atoms with E-state index < -0.39 is 48.4 Å². The molecule has 1 unspecified atom stereocenters. The van der Waals surface area contributed by atoms with E-state index in [1.165, 1.54) is 12.8 Å². The molecule has 1 atom stereocenters. The van der Waals surface area contributed by atoms with Crippen molar-refractivity contribution in [3.8, 4) is 0 Å². The molecule has 1 fully saturated rings. The summed E-state index contributed by atoms with van der Waals surface area (Å²) in [4.78, 5) is 20.6. The molecule has 0 aliphatic heterocycles. The predicted octanol–water partition coefficient (Wildman–Crippen LogP) is 7.13. The summed E-state index contributed by atoms with van der Waals surface area (Å²) in [5.41, 5.74) is 4.34. The number of amides is 2. The van der Waals surface area contributed by atoms with Crippen LogP contribution in [0.2, 0.25) is 0 Å². The molecule has 11 heteroatoms. The second-order valence-corrected chi connectivity index (χ2v) is 10.3. The van der Waals surface area contributed by atoms with Gasteiger partial charge in [0.2, 0.25) is 0 Å². The minimum Gasteiger partial charge on any atom is -0.356 e. The normalized spacial score (nSPS) is 18.7. The number of carbonyl (C=O) groups is 1. The van der Waals surface area contributed by atoms with Crippen molar-refractivity contribution in [3.63, 3.8) is 0 Å². The molecular weight excluding hydrogens is 522 g/mol. The largest absolute Gasteiger partial charge is 0.416 e. The molecular formula is C28H32F6N4O. The van der Waals surface area contributed by atoms with Gasteiger partial charge in [-0.05, 0) is 56.2 Å². The number of hydrogen-bond donors (Lipinski definition) is 1. The van der Waals surface area contributed by atoms with Crippen molar-refractivity contribution >= 4 is 22.8 Å². The van der Waals surface area contributed by atoms with Gasteiger partial charge in [0.1, 0.15) is 5.82 Å². The highest BCUT2D eigenvalue weighted by atomic mass is 19.4. The maximum absolute atomic E-state index is 13.4. The number of nitrogens with zero attached hydrogens (tertiary/aromatic N) is 3. The van der Waals surface area contributed by atoms with Crippen LogP contribution in [-0.4, -0.2) is 47.9 Å². The number of urea groups is 1. The van der Waals surface area contributed by atoms with Gasteiger partial charge in [0, 0.05) is 36.2 Å². The lowest BCUT2D eigenvalue weighted by molar-refractivity contribution is -0.100. The van der Waals surface area contributed by atoms with Crippen LogP contribution in [0.15, 0.2) is 53.6 Å². The van der Waals surface area contributed by atoms with Crippen molar-refractivity contribution < 1.29 is 31.1 Å². The molecule has 4 rings (SSSR count). The summed E-state index contributed by atoms with van der Waals surface area (Å²) in [5, 5.41) is 0.803. The average Bonchev–Trinajstić information content (AvgIpc) is 3.38. The molecule has 1 aromatic carbocycles.